The summed E-state index contributed by atoms with van der Waals surface area (Å²) >= 11 is 0. The first-order chi connectivity index (χ1) is 5.01. The number of carboxylic acid groups (broad SMARTS) is 1. The molecular formula is C7H11O3P. The Bertz CT molecular complexity index is 244. The van der Waals surface area contributed by atoms with E-state index in [1.165, 1.54) is 0 Å². The lowest BCUT2D eigenvalue weighted by Gasteiger charge is -2.06. The molecule has 1 saturated carbocycles. The van der Waals surface area contributed by atoms with Crippen molar-refractivity contribution in [1.82, 2.24) is 0 Å². The van der Waals surface area contributed by atoms with E-state index < -0.39 is 13.1 Å². The second kappa shape index (κ2) is 1.89. The molecule has 1 heterocycles. The van der Waals surface area contributed by atoms with Gasteiger partial charge in [-0.25, -0.2) is 0 Å². The van der Waals surface area contributed by atoms with E-state index in [0.717, 1.165) is 0 Å². The fraction of sp³-hybridized carbons (Fsp3) is 0.857. The van der Waals surface area contributed by atoms with Crippen molar-refractivity contribution < 1.29 is 14.5 Å². The summed E-state index contributed by atoms with van der Waals surface area (Å²) in [4.78, 5) is 10.5. The van der Waals surface area contributed by atoms with Gasteiger partial charge in [0.15, 0.2) is 0 Å². The molecule has 2 atom stereocenters. The van der Waals surface area contributed by atoms with E-state index in [-0.39, 0.29) is 17.8 Å². The summed E-state index contributed by atoms with van der Waals surface area (Å²) in [7, 11) is -1.89. The van der Waals surface area contributed by atoms with Gasteiger partial charge in [0.1, 0.15) is 0 Å². The molecule has 2 rings (SSSR count). The average molecular weight is 174 g/mol. The molecule has 1 saturated heterocycles. The highest BCUT2D eigenvalue weighted by Crippen LogP contribution is 2.67. The third-order valence-electron chi connectivity index (χ3n) is 2.81. The Labute approximate surface area is 65.2 Å². The smallest absolute Gasteiger partial charge is 0.307 e. The lowest BCUT2D eigenvalue weighted by Crippen LogP contribution is -2.06. The predicted octanol–water partition coefficient (Wildman–Crippen LogP) is 0.940. The summed E-state index contributed by atoms with van der Waals surface area (Å²) < 4.78 is 11.4. The van der Waals surface area contributed by atoms with Gasteiger partial charge >= 0.3 is 5.97 Å². The molecule has 0 aromatic rings. The van der Waals surface area contributed by atoms with Gasteiger partial charge in [0.05, 0.1) is 13.1 Å². The number of aliphatic carboxylic acids is 1. The van der Waals surface area contributed by atoms with Gasteiger partial charge in [-0.3, -0.25) is 4.79 Å². The molecule has 0 radical (unpaired) electrons. The van der Waals surface area contributed by atoms with Crippen LogP contribution in [0.2, 0.25) is 0 Å². The molecule has 1 N–H and O–H groups in total. The van der Waals surface area contributed by atoms with Gasteiger partial charge in [-0.15, -0.1) is 0 Å². The van der Waals surface area contributed by atoms with Gasteiger partial charge in [-0.05, 0) is 18.5 Å². The number of rotatable bonds is 1. The van der Waals surface area contributed by atoms with Crippen molar-refractivity contribution >= 4 is 13.1 Å². The minimum Gasteiger partial charge on any atom is -0.481 e. The first kappa shape index (κ1) is 7.35. The topological polar surface area (TPSA) is 54.4 Å². The van der Waals surface area contributed by atoms with E-state index in [2.05, 4.69) is 0 Å². The van der Waals surface area contributed by atoms with Gasteiger partial charge in [0, 0.05) is 12.3 Å². The molecule has 0 aromatic carbocycles. The van der Waals surface area contributed by atoms with Crippen molar-refractivity contribution in [2.75, 3.05) is 19.0 Å². The maximum atomic E-state index is 11.4. The highest BCUT2D eigenvalue weighted by Gasteiger charge is 2.62. The van der Waals surface area contributed by atoms with E-state index in [9.17, 15) is 9.36 Å². The van der Waals surface area contributed by atoms with Crippen molar-refractivity contribution in [3.8, 4) is 0 Å². The third kappa shape index (κ3) is 1.02. The number of carboxylic acids is 1. The van der Waals surface area contributed by atoms with E-state index in [1.54, 1.807) is 6.66 Å². The highest BCUT2D eigenvalue weighted by atomic mass is 31.2. The summed E-state index contributed by atoms with van der Waals surface area (Å²) in [6.07, 6.45) is 1.35. The first-order valence-electron chi connectivity index (χ1n) is 3.80. The highest BCUT2D eigenvalue weighted by molar-refractivity contribution is 7.63. The molecule has 0 aromatic heterocycles. The van der Waals surface area contributed by atoms with Gasteiger partial charge in [-0.1, -0.05) is 0 Å². The summed E-state index contributed by atoms with van der Waals surface area (Å²) in [5.41, 5.74) is 0. The standard InChI is InChI=1S/C7H11O3P/c1-11(10)2-4-5(3-11)6(4)7(8)9/h4-6H,2-3H2,1H3,(H,8,9). The van der Waals surface area contributed by atoms with Gasteiger partial charge < -0.3 is 9.67 Å². The molecule has 1 aliphatic heterocycles. The lowest BCUT2D eigenvalue weighted by atomic mass is 10.3. The zero-order valence-electron chi connectivity index (χ0n) is 6.36. The number of hydrogen-bond acceptors (Lipinski definition) is 2. The van der Waals surface area contributed by atoms with Crippen LogP contribution >= 0.6 is 7.14 Å². The number of carbonyl (C=O) groups is 1. The molecule has 2 fully saturated rings. The largest absolute Gasteiger partial charge is 0.481 e. The molecule has 1 aliphatic carbocycles. The zero-order valence-corrected chi connectivity index (χ0v) is 7.25. The molecular weight excluding hydrogens is 163 g/mol. The predicted molar refractivity (Wildman–Crippen MR) is 41.4 cm³/mol. The summed E-state index contributed by atoms with van der Waals surface area (Å²) in [6.45, 7) is 1.79. The number of hydrogen-bond donors (Lipinski definition) is 1. The van der Waals surface area contributed by atoms with E-state index in [4.69, 9.17) is 5.11 Å². The fourth-order valence-corrected chi connectivity index (χ4v) is 5.20. The Hall–Kier alpha value is -0.300. The van der Waals surface area contributed by atoms with Crippen molar-refractivity contribution in [1.29, 1.82) is 0 Å². The minimum atomic E-state index is -1.89. The summed E-state index contributed by atoms with van der Waals surface area (Å²) in [5.74, 6) is -0.344. The van der Waals surface area contributed by atoms with Crippen LogP contribution in [0.4, 0.5) is 0 Å². The molecule has 4 heteroatoms. The van der Waals surface area contributed by atoms with Crippen LogP contribution in [-0.4, -0.2) is 30.1 Å². The lowest BCUT2D eigenvalue weighted by molar-refractivity contribution is -0.139. The maximum absolute atomic E-state index is 11.4. The molecule has 2 aliphatic rings. The molecule has 0 spiro atoms. The van der Waals surface area contributed by atoms with Crippen molar-refractivity contribution in [3.63, 3.8) is 0 Å². The summed E-state index contributed by atoms with van der Waals surface area (Å²) in [6, 6.07) is 0. The first-order valence-corrected chi connectivity index (χ1v) is 6.32. The Morgan fingerprint density at radius 3 is 2.27 bits per heavy atom. The maximum Gasteiger partial charge on any atom is 0.307 e. The van der Waals surface area contributed by atoms with Crippen LogP contribution in [-0.2, 0) is 9.36 Å². The normalized spacial score (nSPS) is 53.7. The van der Waals surface area contributed by atoms with Gasteiger partial charge in [0.25, 0.3) is 0 Å². The van der Waals surface area contributed by atoms with Crippen LogP contribution in [0.5, 0.6) is 0 Å². The van der Waals surface area contributed by atoms with E-state index in [0.29, 0.717) is 12.3 Å². The van der Waals surface area contributed by atoms with Crippen LogP contribution in [0.1, 0.15) is 0 Å². The third-order valence-corrected chi connectivity index (χ3v) is 5.20. The van der Waals surface area contributed by atoms with Crippen LogP contribution < -0.4 is 0 Å². The Morgan fingerprint density at radius 2 is 1.91 bits per heavy atom. The molecule has 62 valence electrons. The molecule has 0 amide bonds. The Balaban J connectivity index is 2.06. The second-order valence-electron chi connectivity index (χ2n) is 3.85. The van der Waals surface area contributed by atoms with E-state index >= 15 is 0 Å². The summed E-state index contributed by atoms with van der Waals surface area (Å²) in [5, 5.41) is 8.64. The Kier molecular flexibility index (Phi) is 1.26. The molecule has 3 nitrogen and oxygen atoms in total. The average Bonchev–Trinajstić information content (AvgIpc) is 2.31. The second-order valence-corrected chi connectivity index (χ2v) is 7.18. The molecule has 0 bridgehead atoms. The van der Waals surface area contributed by atoms with Gasteiger partial charge in [-0.2, -0.15) is 0 Å². The zero-order chi connectivity index (χ0) is 8.22. The monoisotopic (exact) mass is 174 g/mol. The minimum absolute atomic E-state index is 0.156. The van der Waals surface area contributed by atoms with Crippen molar-refractivity contribution in [3.05, 3.63) is 0 Å². The quantitative estimate of drug-likeness (QED) is 0.602. The molecule has 2 unspecified atom stereocenters. The fourth-order valence-electron chi connectivity index (χ4n) is 2.28. The van der Waals surface area contributed by atoms with Crippen LogP contribution in [0.25, 0.3) is 0 Å². The van der Waals surface area contributed by atoms with Crippen LogP contribution in [0.3, 0.4) is 0 Å². The van der Waals surface area contributed by atoms with Crippen LogP contribution in [0.15, 0.2) is 0 Å². The van der Waals surface area contributed by atoms with Crippen molar-refractivity contribution in [2.24, 2.45) is 17.8 Å². The SMILES string of the molecule is CP1(=O)CC2C(C1)C2C(=O)O. The number of fused-ring (bicyclic) bond motifs is 1. The van der Waals surface area contributed by atoms with Crippen molar-refractivity contribution in [2.45, 2.75) is 0 Å². The Morgan fingerprint density at radius 1 is 1.45 bits per heavy atom. The van der Waals surface area contributed by atoms with Crippen LogP contribution in [0, 0.1) is 17.8 Å². The van der Waals surface area contributed by atoms with Gasteiger partial charge in [0.2, 0.25) is 0 Å². The molecule has 11 heavy (non-hydrogen) atoms. The van der Waals surface area contributed by atoms with E-state index in [1.807, 2.05) is 0 Å².